The Hall–Kier alpha value is -1.85. The average molecular weight is 224 g/mol. The van der Waals surface area contributed by atoms with Crippen molar-refractivity contribution in [2.75, 3.05) is 13.1 Å². The molecule has 16 heavy (non-hydrogen) atoms. The third-order valence-corrected chi connectivity index (χ3v) is 2.87. The molecule has 0 saturated carbocycles. The van der Waals surface area contributed by atoms with Crippen LogP contribution >= 0.6 is 0 Å². The molecule has 6 heteroatoms. The van der Waals surface area contributed by atoms with Crippen LogP contribution in [0.4, 0.5) is 0 Å². The van der Waals surface area contributed by atoms with E-state index in [0.29, 0.717) is 6.54 Å². The summed E-state index contributed by atoms with van der Waals surface area (Å²) in [7, 11) is 0. The first-order valence-corrected chi connectivity index (χ1v) is 5.02. The lowest BCUT2D eigenvalue weighted by Gasteiger charge is -2.13. The van der Waals surface area contributed by atoms with Crippen LogP contribution < -0.4 is 0 Å². The van der Waals surface area contributed by atoms with Crippen molar-refractivity contribution in [2.24, 2.45) is 11.8 Å². The van der Waals surface area contributed by atoms with Crippen LogP contribution in [-0.4, -0.2) is 40.1 Å². The topological polar surface area (TPSA) is 83.6 Å². The average Bonchev–Trinajstić information content (AvgIpc) is 2.84. The van der Waals surface area contributed by atoms with Gasteiger partial charge in [0.15, 0.2) is 0 Å². The van der Waals surface area contributed by atoms with Gasteiger partial charge in [-0.3, -0.25) is 9.59 Å². The summed E-state index contributed by atoms with van der Waals surface area (Å²) in [5.41, 5.74) is 0. The van der Waals surface area contributed by atoms with Gasteiger partial charge in [0, 0.05) is 19.2 Å². The smallest absolute Gasteiger partial charge is 0.308 e. The predicted molar refractivity (Wildman–Crippen MR) is 52.7 cm³/mol. The van der Waals surface area contributed by atoms with Gasteiger partial charge in [0.1, 0.15) is 0 Å². The van der Waals surface area contributed by atoms with E-state index >= 15 is 0 Å². The second kappa shape index (κ2) is 3.96. The minimum absolute atomic E-state index is 0.0376. The summed E-state index contributed by atoms with van der Waals surface area (Å²) >= 11 is 0. The van der Waals surface area contributed by atoms with Gasteiger partial charge in [0.25, 0.3) is 5.91 Å². The van der Waals surface area contributed by atoms with Gasteiger partial charge in [-0.05, 0) is 5.92 Å². The number of nitrogens with zero attached hydrogens (tertiary/aromatic N) is 2. The van der Waals surface area contributed by atoms with Gasteiger partial charge < -0.3 is 14.5 Å². The molecule has 0 radical (unpaired) electrons. The van der Waals surface area contributed by atoms with Crippen LogP contribution in [0.3, 0.4) is 0 Å². The zero-order valence-electron chi connectivity index (χ0n) is 8.79. The number of carbonyl (C=O) groups is 2. The lowest BCUT2D eigenvalue weighted by atomic mass is 9.99. The van der Waals surface area contributed by atoms with E-state index in [-0.39, 0.29) is 24.1 Å². The van der Waals surface area contributed by atoms with Gasteiger partial charge in [-0.25, -0.2) is 0 Å². The van der Waals surface area contributed by atoms with E-state index < -0.39 is 11.9 Å². The zero-order chi connectivity index (χ0) is 11.7. The highest BCUT2D eigenvalue weighted by Gasteiger charge is 2.37. The molecule has 1 aliphatic heterocycles. The fourth-order valence-corrected chi connectivity index (χ4v) is 1.94. The second-order valence-electron chi connectivity index (χ2n) is 4.01. The molecular formula is C10H12N2O4. The number of aliphatic carboxylic acids is 1. The Bertz CT molecular complexity index is 401. The molecule has 2 rings (SSSR count). The van der Waals surface area contributed by atoms with Gasteiger partial charge in [0.2, 0.25) is 5.76 Å². The molecule has 0 bridgehead atoms. The largest absolute Gasteiger partial charge is 0.481 e. The quantitative estimate of drug-likeness (QED) is 0.789. The monoisotopic (exact) mass is 224 g/mol. The van der Waals surface area contributed by atoms with Crippen molar-refractivity contribution in [2.45, 2.75) is 6.92 Å². The van der Waals surface area contributed by atoms with Gasteiger partial charge >= 0.3 is 5.97 Å². The number of carboxylic acid groups (broad SMARTS) is 1. The molecular weight excluding hydrogens is 212 g/mol. The number of carboxylic acids is 1. The van der Waals surface area contributed by atoms with E-state index in [1.54, 1.807) is 0 Å². The Morgan fingerprint density at radius 1 is 1.56 bits per heavy atom. The lowest BCUT2D eigenvalue weighted by molar-refractivity contribution is -0.142. The SMILES string of the molecule is CC1CN(C(=O)c2ccno2)CC1C(=O)O. The van der Waals surface area contributed by atoms with Gasteiger partial charge in [-0.15, -0.1) is 0 Å². The molecule has 1 saturated heterocycles. The highest BCUT2D eigenvalue weighted by atomic mass is 16.5. The van der Waals surface area contributed by atoms with Crippen LogP contribution in [0.1, 0.15) is 17.5 Å². The lowest BCUT2D eigenvalue weighted by Crippen LogP contribution is -2.29. The van der Waals surface area contributed by atoms with E-state index in [9.17, 15) is 9.59 Å². The fourth-order valence-electron chi connectivity index (χ4n) is 1.94. The van der Waals surface area contributed by atoms with Crippen LogP contribution in [0, 0.1) is 11.8 Å². The Morgan fingerprint density at radius 3 is 2.81 bits per heavy atom. The van der Waals surface area contributed by atoms with Crippen molar-refractivity contribution < 1.29 is 19.2 Å². The molecule has 1 aromatic rings. The summed E-state index contributed by atoms with van der Waals surface area (Å²) in [6, 6.07) is 1.47. The summed E-state index contributed by atoms with van der Waals surface area (Å²) in [5, 5.41) is 12.4. The summed E-state index contributed by atoms with van der Waals surface area (Å²) in [5.74, 6) is -1.54. The van der Waals surface area contributed by atoms with Gasteiger partial charge in [0.05, 0.1) is 12.1 Å². The predicted octanol–water partition coefficient (Wildman–Crippen LogP) is 0.467. The number of amides is 1. The molecule has 2 heterocycles. The van der Waals surface area contributed by atoms with Crippen LogP contribution in [0.15, 0.2) is 16.8 Å². The van der Waals surface area contributed by atoms with Crippen LogP contribution in [0.25, 0.3) is 0 Å². The third kappa shape index (κ3) is 1.78. The summed E-state index contributed by atoms with van der Waals surface area (Å²) in [6.07, 6.45) is 1.39. The van der Waals surface area contributed by atoms with Crippen molar-refractivity contribution in [1.29, 1.82) is 0 Å². The summed E-state index contributed by atoms with van der Waals surface area (Å²) in [4.78, 5) is 24.2. The highest BCUT2D eigenvalue weighted by molar-refractivity contribution is 5.92. The third-order valence-electron chi connectivity index (χ3n) is 2.87. The minimum Gasteiger partial charge on any atom is -0.481 e. The summed E-state index contributed by atoms with van der Waals surface area (Å²) in [6.45, 7) is 2.50. The molecule has 6 nitrogen and oxygen atoms in total. The van der Waals surface area contributed by atoms with Crippen molar-refractivity contribution in [1.82, 2.24) is 10.1 Å². The molecule has 2 unspecified atom stereocenters. The fraction of sp³-hybridized carbons (Fsp3) is 0.500. The number of carbonyl (C=O) groups excluding carboxylic acids is 1. The Morgan fingerprint density at radius 2 is 2.31 bits per heavy atom. The maximum absolute atomic E-state index is 11.8. The van der Waals surface area contributed by atoms with Crippen molar-refractivity contribution in [3.63, 3.8) is 0 Å². The first kappa shape index (κ1) is 10.7. The van der Waals surface area contributed by atoms with E-state index in [4.69, 9.17) is 9.63 Å². The molecule has 1 aromatic heterocycles. The van der Waals surface area contributed by atoms with Gasteiger partial charge in [-0.1, -0.05) is 12.1 Å². The molecule has 86 valence electrons. The molecule has 1 N–H and O–H groups in total. The van der Waals surface area contributed by atoms with Crippen LogP contribution in [-0.2, 0) is 4.79 Å². The standard InChI is InChI=1S/C10H12N2O4/c1-6-4-12(5-7(6)10(14)15)9(13)8-2-3-11-16-8/h2-3,6-7H,4-5H2,1H3,(H,14,15). The first-order valence-electron chi connectivity index (χ1n) is 5.02. The van der Waals surface area contributed by atoms with Crippen LogP contribution in [0.5, 0.6) is 0 Å². The van der Waals surface area contributed by atoms with Crippen molar-refractivity contribution in [3.8, 4) is 0 Å². The maximum Gasteiger partial charge on any atom is 0.308 e. The molecule has 1 fully saturated rings. The molecule has 1 amide bonds. The molecule has 0 aromatic carbocycles. The van der Waals surface area contributed by atoms with Crippen molar-refractivity contribution >= 4 is 11.9 Å². The molecule has 1 aliphatic rings. The van der Waals surface area contributed by atoms with Crippen LogP contribution in [0.2, 0.25) is 0 Å². The number of rotatable bonds is 2. The minimum atomic E-state index is -0.861. The second-order valence-corrected chi connectivity index (χ2v) is 4.01. The van der Waals surface area contributed by atoms with Crippen molar-refractivity contribution in [3.05, 3.63) is 18.0 Å². The number of likely N-dealkylation sites (tertiary alicyclic amines) is 1. The van der Waals surface area contributed by atoms with E-state index in [1.165, 1.54) is 17.2 Å². The zero-order valence-corrected chi connectivity index (χ0v) is 8.79. The highest BCUT2D eigenvalue weighted by Crippen LogP contribution is 2.24. The molecule has 2 atom stereocenters. The van der Waals surface area contributed by atoms with E-state index in [0.717, 1.165) is 0 Å². The van der Waals surface area contributed by atoms with Gasteiger partial charge in [-0.2, -0.15) is 0 Å². The Balaban J connectivity index is 2.09. The normalized spacial score (nSPS) is 24.7. The molecule has 0 spiro atoms. The number of hydrogen-bond acceptors (Lipinski definition) is 4. The molecule has 0 aliphatic carbocycles. The number of aromatic nitrogens is 1. The first-order chi connectivity index (χ1) is 7.59. The Kier molecular flexibility index (Phi) is 2.64. The Labute approximate surface area is 91.8 Å². The maximum atomic E-state index is 11.8. The summed E-state index contributed by atoms with van der Waals surface area (Å²) < 4.78 is 4.75. The van der Waals surface area contributed by atoms with E-state index in [2.05, 4.69) is 5.16 Å². The van der Waals surface area contributed by atoms with E-state index in [1.807, 2.05) is 6.92 Å². The number of hydrogen-bond donors (Lipinski definition) is 1.